The Hall–Kier alpha value is -2.84. The van der Waals surface area contributed by atoms with Gasteiger partial charge in [-0.15, -0.1) is 0 Å². The molecule has 190 valence electrons. The highest BCUT2D eigenvalue weighted by atomic mass is 16.8. The maximum atomic E-state index is 13.3. The Morgan fingerprint density at radius 3 is 2.77 bits per heavy atom. The molecule has 0 aliphatic carbocycles. The third-order valence-corrected chi connectivity index (χ3v) is 6.20. The fourth-order valence-corrected chi connectivity index (χ4v) is 4.18. The average molecular weight is 486 g/mol. The van der Waals surface area contributed by atoms with E-state index in [1.807, 2.05) is 65.0 Å². The fraction of sp³-hybridized carbons (Fsp3) is 0.577. The van der Waals surface area contributed by atoms with Crippen LogP contribution in [0.1, 0.15) is 62.0 Å². The average Bonchev–Trinajstić information content (AvgIpc) is 3.11. The van der Waals surface area contributed by atoms with E-state index in [0.29, 0.717) is 42.9 Å². The number of rotatable bonds is 5. The summed E-state index contributed by atoms with van der Waals surface area (Å²) in [6, 6.07) is 3.65. The van der Waals surface area contributed by atoms with Crippen molar-refractivity contribution in [3.8, 4) is 5.75 Å². The summed E-state index contributed by atoms with van der Waals surface area (Å²) in [5, 5.41) is 14.3. The SMILES string of the molecule is Cc1ccc(OCCCN=[N+]=[N-])c2c1C(=O)O[C@@H](C)[C@H](C)/C=C\C(O)[C@H]1OC(C)(C)O[C@H]1CC=C2. The molecule has 1 N–H and O–H groups in total. The molecule has 2 aliphatic heterocycles. The van der Waals surface area contributed by atoms with Crippen molar-refractivity contribution in [3.05, 3.63) is 57.5 Å². The van der Waals surface area contributed by atoms with Crippen molar-refractivity contribution < 1.29 is 28.8 Å². The van der Waals surface area contributed by atoms with E-state index >= 15 is 0 Å². The first-order valence-electron chi connectivity index (χ1n) is 12.0. The van der Waals surface area contributed by atoms with E-state index in [1.54, 1.807) is 6.08 Å². The van der Waals surface area contributed by atoms with Gasteiger partial charge in [0.15, 0.2) is 5.79 Å². The van der Waals surface area contributed by atoms with Crippen molar-refractivity contribution in [1.82, 2.24) is 0 Å². The van der Waals surface area contributed by atoms with E-state index in [0.717, 1.165) is 5.56 Å². The predicted molar refractivity (Wildman–Crippen MR) is 132 cm³/mol. The van der Waals surface area contributed by atoms with Gasteiger partial charge in [0.05, 0.1) is 18.3 Å². The van der Waals surface area contributed by atoms with Crippen molar-refractivity contribution in [3.63, 3.8) is 0 Å². The maximum absolute atomic E-state index is 13.3. The number of aliphatic hydroxyl groups is 1. The van der Waals surface area contributed by atoms with E-state index in [1.165, 1.54) is 0 Å². The van der Waals surface area contributed by atoms with Crippen molar-refractivity contribution >= 4 is 12.0 Å². The molecule has 0 radical (unpaired) electrons. The van der Waals surface area contributed by atoms with Crippen LogP contribution in [0.2, 0.25) is 0 Å². The molecule has 1 aromatic rings. The molecule has 9 nitrogen and oxygen atoms in total. The number of aliphatic hydroxyl groups excluding tert-OH is 1. The van der Waals surface area contributed by atoms with Crippen LogP contribution in [0.15, 0.2) is 35.5 Å². The third kappa shape index (κ3) is 6.86. The van der Waals surface area contributed by atoms with Crippen LogP contribution in [-0.4, -0.2) is 54.4 Å². The Kier molecular flexibility index (Phi) is 8.97. The van der Waals surface area contributed by atoms with Crippen molar-refractivity contribution in [2.24, 2.45) is 11.0 Å². The molecule has 1 saturated heterocycles. The number of nitrogens with zero attached hydrogens (tertiary/aromatic N) is 3. The summed E-state index contributed by atoms with van der Waals surface area (Å²) in [6.45, 7) is 9.92. The van der Waals surface area contributed by atoms with Crippen LogP contribution in [0.4, 0.5) is 0 Å². The van der Waals surface area contributed by atoms with Crippen LogP contribution in [0.3, 0.4) is 0 Å². The summed E-state index contributed by atoms with van der Waals surface area (Å²) in [4.78, 5) is 16.0. The minimum absolute atomic E-state index is 0.134. The quantitative estimate of drug-likeness (QED) is 0.154. The zero-order chi connectivity index (χ0) is 25.6. The first-order valence-corrected chi connectivity index (χ1v) is 12.0. The lowest BCUT2D eigenvalue weighted by atomic mass is 9.97. The Morgan fingerprint density at radius 2 is 2.03 bits per heavy atom. The van der Waals surface area contributed by atoms with Gasteiger partial charge in [0, 0.05) is 22.9 Å². The van der Waals surface area contributed by atoms with Gasteiger partial charge in [-0.25, -0.2) is 4.79 Å². The molecule has 3 rings (SSSR count). The van der Waals surface area contributed by atoms with Crippen molar-refractivity contribution in [2.75, 3.05) is 13.2 Å². The van der Waals surface area contributed by atoms with Crippen LogP contribution >= 0.6 is 0 Å². The van der Waals surface area contributed by atoms with Crippen LogP contribution < -0.4 is 4.74 Å². The largest absolute Gasteiger partial charge is 0.493 e. The molecule has 2 aliphatic rings. The normalized spacial score (nSPS) is 29.2. The molecule has 5 atom stereocenters. The molecule has 2 heterocycles. The number of carbonyl (C=O) groups is 1. The minimum Gasteiger partial charge on any atom is -0.493 e. The number of fused-ring (bicyclic) bond motifs is 2. The zero-order valence-electron chi connectivity index (χ0n) is 21.0. The second kappa shape index (κ2) is 11.7. The monoisotopic (exact) mass is 485 g/mol. The molecule has 0 spiro atoms. The smallest absolute Gasteiger partial charge is 0.339 e. The summed E-state index contributed by atoms with van der Waals surface area (Å²) in [5.41, 5.74) is 10.3. The number of carbonyl (C=O) groups excluding carboxylic acids is 1. The lowest BCUT2D eigenvalue weighted by molar-refractivity contribution is -0.152. The first-order chi connectivity index (χ1) is 16.6. The van der Waals surface area contributed by atoms with Gasteiger partial charge < -0.3 is 24.1 Å². The number of hydrogen-bond acceptors (Lipinski definition) is 7. The zero-order valence-corrected chi connectivity index (χ0v) is 21.0. The third-order valence-electron chi connectivity index (χ3n) is 6.20. The van der Waals surface area contributed by atoms with Gasteiger partial charge >= 0.3 is 5.97 Å². The summed E-state index contributed by atoms with van der Waals surface area (Å²) >= 11 is 0. The van der Waals surface area contributed by atoms with E-state index in [4.69, 9.17) is 24.5 Å². The van der Waals surface area contributed by atoms with Gasteiger partial charge in [-0.1, -0.05) is 42.4 Å². The van der Waals surface area contributed by atoms with E-state index < -0.39 is 30.1 Å². The van der Waals surface area contributed by atoms with Gasteiger partial charge in [0.2, 0.25) is 0 Å². The van der Waals surface area contributed by atoms with Gasteiger partial charge in [0.25, 0.3) is 0 Å². The first kappa shape index (κ1) is 26.8. The topological polar surface area (TPSA) is 123 Å². The number of esters is 1. The van der Waals surface area contributed by atoms with E-state index in [-0.39, 0.29) is 12.0 Å². The van der Waals surface area contributed by atoms with Gasteiger partial charge in [-0.2, -0.15) is 0 Å². The van der Waals surface area contributed by atoms with Crippen LogP contribution in [0.5, 0.6) is 5.75 Å². The Balaban J connectivity index is 1.99. The second-order valence-electron chi connectivity index (χ2n) is 9.45. The van der Waals surface area contributed by atoms with Gasteiger partial charge in [0.1, 0.15) is 24.1 Å². The highest BCUT2D eigenvalue weighted by molar-refractivity contribution is 5.96. The molecule has 1 fully saturated rings. The molecule has 1 unspecified atom stereocenters. The van der Waals surface area contributed by atoms with Crippen LogP contribution in [0, 0.1) is 12.8 Å². The molecular weight excluding hydrogens is 450 g/mol. The van der Waals surface area contributed by atoms with Crippen molar-refractivity contribution in [1.29, 1.82) is 0 Å². The number of hydrogen-bond donors (Lipinski definition) is 1. The molecule has 9 heteroatoms. The molecular formula is C26H35N3O6. The number of azide groups is 1. The van der Waals surface area contributed by atoms with Crippen molar-refractivity contribution in [2.45, 2.75) is 77.7 Å². The number of aryl methyl sites for hydroxylation is 1. The summed E-state index contributed by atoms with van der Waals surface area (Å²) in [5.74, 6) is -0.859. The summed E-state index contributed by atoms with van der Waals surface area (Å²) < 4.78 is 23.8. The molecule has 0 saturated carbocycles. The van der Waals surface area contributed by atoms with Crippen LogP contribution in [0.25, 0.3) is 16.5 Å². The minimum atomic E-state index is -0.868. The number of ether oxygens (including phenoxy) is 4. The molecule has 1 aromatic carbocycles. The summed E-state index contributed by atoms with van der Waals surface area (Å²) in [6.07, 6.45) is 6.07. The maximum Gasteiger partial charge on any atom is 0.339 e. The predicted octanol–water partition coefficient (Wildman–Crippen LogP) is 5.11. The lowest BCUT2D eigenvalue weighted by Crippen LogP contribution is -2.34. The summed E-state index contributed by atoms with van der Waals surface area (Å²) in [7, 11) is 0. The fourth-order valence-electron chi connectivity index (χ4n) is 4.18. The molecule has 0 bridgehead atoms. The highest BCUT2D eigenvalue weighted by Gasteiger charge is 2.43. The van der Waals surface area contributed by atoms with E-state index in [9.17, 15) is 9.90 Å². The highest BCUT2D eigenvalue weighted by Crippen LogP contribution is 2.34. The van der Waals surface area contributed by atoms with Crippen LogP contribution in [-0.2, 0) is 14.2 Å². The molecule has 35 heavy (non-hydrogen) atoms. The van der Waals surface area contributed by atoms with E-state index in [2.05, 4.69) is 10.0 Å². The second-order valence-corrected chi connectivity index (χ2v) is 9.45. The Bertz CT molecular complexity index is 1010. The van der Waals surface area contributed by atoms with Gasteiger partial charge in [-0.05, 0) is 57.7 Å². The van der Waals surface area contributed by atoms with Gasteiger partial charge in [-0.3, -0.25) is 0 Å². The number of benzene rings is 1. The Morgan fingerprint density at radius 1 is 1.26 bits per heavy atom. The standard InChI is InChI=1S/C26H35N3O6/c1-16-10-12-20(30)24-22(34-26(4,5)35-24)9-6-8-19-21(32-15-7-14-28-29-27)13-11-17(2)23(19)25(31)33-18(16)3/h6,8,10-13,16,18,20,22,24,30H,7,9,14-15H2,1-5H3/b8-6?,12-10-/t16-,18+,20?,22+,24-/m1/s1. The number of cyclic esters (lactones) is 1. The molecule has 0 aromatic heterocycles. The molecule has 0 amide bonds. The Labute approximate surface area is 206 Å². The lowest BCUT2D eigenvalue weighted by Gasteiger charge is -2.23.